The number of anilines is 1. The number of urea groups is 1. The SMILES string of the molecule is O=C(Nc1cccc(C(F)(F)F)c1)N1CCCC(c2nnc3n2CCCCC3)C1. The number of alkyl halides is 3. The first-order valence-corrected chi connectivity index (χ1v) is 10.1. The van der Waals surface area contributed by atoms with E-state index in [0.29, 0.717) is 13.1 Å². The number of amides is 2. The van der Waals surface area contributed by atoms with E-state index in [4.69, 9.17) is 0 Å². The van der Waals surface area contributed by atoms with E-state index >= 15 is 0 Å². The molecule has 0 aliphatic carbocycles. The molecule has 0 spiro atoms. The van der Waals surface area contributed by atoms with Crippen molar-refractivity contribution in [1.29, 1.82) is 0 Å². The molecule has 1 aromatic heterocycles. The molecule has 156 valence electrons. The number of benzene rings is 1. The van der Waals surface area contributed by atoms with Crippen molar-refractivity contribution in [2.75, 3.05) is 18.4 Å². The predicted molar refractivity (Wildman–Crippen MR) is 102 cm³/mol. The van der Waals surface area contributed by atoms with Crippen LogP contribution in [0.3, 0.4) is 0 Å². The van der Waals surface area contributed by atoms with Gasteiger partial charge in [0, 0.05) is 37.7 Å². The third-order valence-electron chi connectivity index (χ3n) is 5.65. The van der Waals surface area contributed by atoms with E-state index in [9.17, 15) is 18.0 Å². The van der Waals surface area contributed by atoms with Crippen LogP contribution in [0.15, 0.2) is 24.3 Å². The highest BCUT2D eigenvalue weighted by Crippen LogP contribution is 2.31. The molecule has 3 heterocycles. The molecule has 1 aromatic carbocycles. The highest BCUT2D eigenvalue weighted by Gasteiger charge is 2.32. The van der Waals surface area contributed by atoms with Crippen LogP contribution in [0.1, 0.15) is 55.2 Å². The third-order valence-corrected chi connectivity index (χ3v) is 5.65. The van der Waals surface area contributed by atoms with Crippen molar-refractivity contribution in [2.45, 2.75) is 57.2 Å². The minimum Gasteiger partial charge on any atom is -0.324 e. The number of aromatic nitrogens is 3. The number of nitrogens with one attached hydrogen (secondary N) is 1. The number of halogens is 3. The fourth-order valence-electron chi connectivity index (χ4n) is 4.16. The molecule has 9 heteroatoms. The van der Waals surface area contributed by atoms with Crippen LogP contribution in [0.2, 0.25) is 0 Å². The first-order valence-electron chi connectivity index (χ1n) is 10.1. The van der Waals surface area contributed by atoms with Gasteiger partial charge in [-0.05, 0) is 43.9 Å². The van der Waals surface area contributed by atoms with Crippen LogP contribution in [-0.2, 0) is 19.1 Å². The summed E-state index contributed by atoms with van der Waals surface area (Å²) in [6.07, 6.45) is 1.63. The minimum absolute atomic E-state index is 0.0929. The molecule has 1 saturated heterocycles. The van der Waals surface area contributed by atoms with E-state index in [-0.39, 0.29) is 17.6 Å². The van der Waals surface area contributed by atoms with Crippen molar-refractivity contribution >= 4 is 11.7 Å². The van der Waals surface area contributed by atoms with Gasteiger partial charge in [-0.15, -0.1) is 10.2 Å². The van der Waals surface area contributed by atoms with Crippen molar-refractivity contribution < 1.29 is 18.0 Å². The number of aryl methyl sites for hydroxylation is 1. The van der Waals surface area contributed by atoms with E-state index in [2.05, 4.69) is 20.1 Å². The second-order valence-electron chi connectivity index (χ2n) is 7.73. The zero-order chi connectivity index (χ0) is 20.4. The monoisotopic (exact) mass is 407 g/mol. The second-order valence-corrected chi connectivity index (χ2v) is 7.73. The number of piperidine rings is 1. The average molecular weight is 407 g/mol. The van der Waals surface area contributed by atoms with Crippen molar-refractivity contribution in [3.63, 3.8) is 0 Å². The van der Waals surface area contributed by atoms with E-state index in [0.717, 1.165) is 62.4 Å². The van der Waals surface area contributed by atoms with Gasteiger partial charge in [0.2, 0.25) is 0 Å². The molecule has 2 aliphatic heterocycles. The summed E-state index contributed by atoms with van der Waals surface area (Å²) in [6.45, 7) is 1.97. The van der Waals surface area contributed by atoms with Crippen molar-refractivity contribution in [1.82, 2.24) is 19.7 Å². The van der Waals surface area contributed by atoms with E-state index in [1.807, 2.05) is 0 Å². The lowest BCUT2D eigenvalue weighted by molar-refractivity contribution is -0.137. The Kier molecular flexibility index (Phi) is 5.47. The quantitative estimate of drug-likeness (QED) is 0.801. The maximum Gasteiger partial charge on any atom is 0.416 e. The van der Waals surface area contributed by atoms with Crippen LogP contribution >= 0.6 is 0 Å². The van der Waals surface area contributed by atoms with Gasteiger partial charge < -0.3 is 14.8 Å². The van der Waals surface area contributed by atoms with Gasteiger partial charge in [-0.3, -0.25) is 0 Å². The summed E-state index contributed by atoms with van der Waals surface area (Å²) < 4.78 is 40.9. The molecule has 1 N–H and O–H groups in total. The predicted octanol–water partition coefficient (Wildman–Crippen LogP) is 4.43. The summed E-state index contributed by atoms with van der Waals surface area (Å²) in [5.41, 5.74) is -0.638. The third kappa shape index (κ3) is 4.38. The van der Waals surface area contributed by atoms with Gasteiger partial charge in [-0.1, -0.05) is 12.5 Å². The van der Waals surface area contributed by atoms with E-state index in [1.165, 1.54) is 18.6 Å². The van der Waals surface area contributed by atoms with Crippen molar-refractivity contribution in [3.05, 3.63) is 41.5 Å². The average Bonchev–Trinajstić information content (AvgIpc) is 2.96. The van der Waals surface area contributed by atoms with Gasteiger partial charge in [-0.2, -0.15) is 13.2 Å². The van der Waals surface area contributed by atoms with Crippen LogP contribution in [0.4, 0.5) is 23.7 Å². The Morgan fingerprint density at radius 3 is 2.79 bits per heavy atom. The number of hydrogen-bond donors (Lipinski definition) is 1. The smallest absolute Gasteiger partial charge is 0.324 e. The molecular formula is C20H24F3N5O. The Labute approximate surface area is 167 Å². The highest BCUT2D eigenvalue weighted by atomic mass is 19.4. The number of likely N-dealkylation sites (tertiary alicyclic amines) is 1. The van der Waals surface area contributed by atoms with Gasteiger partial charge in [0.05, 0.1) is 5.56 Å². The molecule has 0 saturated carbocycles. The topological polar surface area (TPSA) is 63.1 Å². The zero-order valence-electron chi connectivity index (χ0n) is 16.1. The van der Waals surface area contributed by atoms with E-state index < -0.39 is 11.7 Å². The summed E-state index contributed by atoms with van der Waals surface area (Å²) in [6, 6.07) is 4.32. The number of hydrogen-bond acceptors (Lipinski definition) is 3. The lowest BCUT2D eigenvalue weighted by atomic mass is 9.97. The molecular weight excluding hydrogens is 383 g/mol. The Morgan fingerprint density at radius 1 is 1.10 bits per heavy atom. The zero-order valence-corrected chi connectivity index (χ0v) is 16.1. The van der Waals surface area contributed by atoms with Crippen LogP contribution in [-0.4, -0.2) is 38.8 Å². The fourth-order valence-corrected chi connectivity index (χ4v) is 4.16. The van der Waals surface area contributed by atoms with E-state index in [1.54, 1.807) is 4.90 Å². The van der Waals surface area contributed by atoms with Crippen molar-refractivity contribution in [2.24, 2.45) is 0 Å². The second kappa shape index (κ2) is 8.04. The summed E-state index contributed by atoms with van der Waals surface area (Å²) in [5.74, 6) is 2.04. The summed E-state index contributed by atoms with van der Waals surface area (Å²) in [4.78, 5) is 14.3. The summed E-state index contributed by atoms with van der Waals surface area (Å²) >= 11 is 0. The summed E-state index contributed by atoms with van der Waals surface area (Å²) in [5, 5.41) is 11.4. The van der Waals surface area contributed by atoms with Gasteiger partial charge in [0.15, 0.2) is 0 Å². The van der Waals surface area contributed by atoms with Crippen molar-refractivity contribution in [3.8, 4) is 0 Å². The fraction of sp³-hybridized carbons (Fsp3) is 0.550. The van der Waals surface area contributed by atoms with Gasteiger partial charge >= 0.3 is 12.2 Å². The number of carbonyl (C=O) groups is 1. The maximum atomic E-state index is 12.9. The van der Waals surface area contributed by atoms with Crippen LogP contribution in [0.25, 0.3) is 0 Å². The molecule has 1 fully saturated rings. The number of nitrogens with zero attached hydrogens (tertiary/aromatic N) is 4. The Balaban J connectivity index is 1.45. The largest absolute Gasteiger partial charge is 0.416 e. The molecule has 2 aliphatic rings. The van der Waals surface area contributed by atoms with Crippen LogP contribution < -0.4 is 5.32 Å². The first-order chi connectivity index (χ1) is 13.9. The number of rotatable bonds is 2. The molecule has 6 nitrogen and oxygen atoms in total. The molecule has 2 amide bonds. The molecule has 2 aromatic rings. The molecule has 29 heavy (non-hydrogen) atoms. The highest BCUT2D eigenvalue weighted by molar-refractivity contribution is 5.89. The molecule has 4 rings (SSSR count). The normalized spacial score (nSPS) is 20.1. The van der Waals surface area contributed by atoms with Gasteiger partial charge in [0.25, 0.3) is 0 Å². The minimum atomic E-state index is -4.44. The molecule has 0 bridgehead atoms. The van der Waals surface area contributed by atoms with Gasteiger partial charge in [0.1, 0.15) is 11.6 Å². The standard InChI is InChI=1S/C20H24F3N5O/c21-20(22,23)15-7-4-8-16(12-15)24-19(29)27-10-5-6-14(13-27)18-26-25-17-9-2-1-3-11-28(17)18/h4,7-8,12,14H,1-3,5-6,9-11,13H2,(H,24,29). The molecule has 0 radical (unpaired) electrons. The molecule has 1 unspecified atom stereocenters. The van der Waals surface area contributed by atoms with Crippen LogP contribution in [0.5, 0.6) is 0 Å². The lowest BCUT2D eigenvalue weighted by Crippen LogP contribution is -2.42. The summed E-state index contributed by atoms with van der Waals surface area (Å²) in [7, 11) is 0. The molecule has 1 atom stereocenters. The lowest BCUT2D eigenvalue weighted by Gasteiger charge is -2.32. The number of carbonyl (C=O) groups excluding carboxylic acids is 1. The maximum absolute atomic E-state index is 12.9. The Hall–Kier alpha value is -2.58. The number of fused-ring (bicyclic) bond motifs is 1. The van der Waals surface area contributed by atoms with Crippen LogP contribution in [0, 0.1) is 0 Å². The Morgan fingerprint density at radius 2 is 1.97 bits per heavy atom. The van der Waals surface area contributed by atoms with Gasteiger partial charge in [-0.25, -0.2) is 4.79 Å². The Bertz CT molecular complexity index is 879. The first kappa shape index (κ1) is 19.7.